The molecule has 0 bridgehead atoms. The molecule has 0 aliphatic carbocycles. The SMILES string of the molecule is NC(=O)c1ccc(Sc2nncn2N)c([N+](=O)[O-])c1. The summed E-state index contributed by atoms with van der Waals surface area (Å²) in [5.41, 5.74) is 4.89. The summed E-state index contributed by atoms with van der Waals surface area (Å²) in [4.78, 5) is 21.7. The molecule has 1 amide bonds. The second-order valence-corrected chi connectivity index (χ2v) is 4.44. The lowest BCUT2D eigenvalue weighted by atomic mass is 10.2. The van der Waals surface area contributed by atoms with E-state index in [0.29, 0.717) is 0 Å². The maximum atomic E-state index is 11.0. The summed E-state index contributed by atoms with van der Waals surface area (Å²) in [6, 6.07) is 3.92. The Morgan fingerprint density at radius 2 is 2.21 bits per heavy atom. The molecule has 1 heterocycles. The third-order valence-electron chi connectivity index (χ3n) is 2.18. The van der Waals surface area contributed by atoms with Crippen molar-refractivity contribution in [2.45, 2.75) is 10.1 Å². The van der Waals surface area contributed by atoms with Crippen LogP contribution in [0.15, 0.2) is 34.6 Å². The molecule has 10 heteroatoms. The van der Waals surface area contributed by atoms with Crippen LogP contribution < -0.4 is 11.6 Å². The largest absolute Gasteiger partial charge is 0.366 e. The van der Waals surface area contributed by atoms with Gasteiger partial charge in [-0.2, -0.15) is 0 Å². The highest BCUT2D eigenvalue weighted by molar-refractivity contribution is 7.99. The van der Waals surface area contributed by atoms with Crippen LogP contribution in [0.1, 0.15) is 10.4 Å². The molecule has 98 valence electrons. The van der Waals surface area contributed by atoms with Crippen molar-refractivity contribution in [2.24, 2.45) is 5.73 Å². The van der Waals surface area contributed by atoms with E-state index in [1.54, 1.807) is 0 Å². The molecule has 1 aromatic carbocycles. The number of nitrogen functional groups attached to an aromatic ring is 1. The minimum absolute atomic E-state index is 0.0604. The Morgan fingerprint density at radius 1 is 1.47 bits per heavy atom. The first kappa shape index (κ1) is 12.8. The number of carbonyl (C=O) groups is 1. The van der Waals surface area contributed by atoms with Gasteiger partial charge in [-0.1, -0.05) is 0 Å². The van der Waals surface area contributed by atoms with Crippen LogP contribution in [-0.2, 0) is 0 Å². The van der Waals surface area contributed by atoms with E-state index in [0.717, 1.165) is 22.5 Å². The fourth-order valence-corrected chi connectivity index (χ4v) is 2.11. The highest BCUT2D eigenvalue weighted by Gasteiger charge is 2.19. The van der Waals surface area contributed by atoms with Crippen LogP contribution in [0.5, 0.6) is 0 Å². The van der Waals surface area contributed by atoms with Crippen LogP contribution in [0.4, 0.5) is 5.69 Å². The van der Waals surface area contributed by atoms with Crippen LogP contribution >= 0.6 is 11.8 Å². The van der Waals surface area contributed by atoms with Crippen molar-refractivity contribution >= 4 is 23.4 Å². The number of amides is 1. The Morgan fingerprint density at radius 3 is 2.74 bits per heavy atom. The van der Waals surface area contributed by atoms with Crippen LogP contribution in [0.2, 0.25) is 0 Å². The lowest BCUT2D eigenvalue weighted by molar-refractivity contribution is -0.387. The maximum absolute atomic E-state index is 11.0. The van der Waals surface area contributed by atoms with E-state index in [1.807, 2.05) is 0 Å². The summed E-state index contributed by atoms with van der Waals surface area (Å²) < 4.78 is 1.14. The topological polar surface area (TPSA) is 143 Å². The average molecular weight is 280 g/mol. The van der Waals surface area contributed by atoms with E-state index in [9.17, 15) is 14.9 Å². The number of carbonyl (C=O) groups excluding carboxylic acids is 1. The van der Waals surface area contributed by atoms with Gasteiger partial charge < -0.3 is 11.6 Å². The number of primary amides is 1. The minimum atomic E-state index is -0.735. The van der Waals surface area contributed by atoms with Gasteiger partial charge in [-0.15, -0.1) is 10.2 Å². The predicted octanol–water partition coefficient (Wildman–Crippen LogP) is 0.150. The van der Waals surface area contributed by atoms with Crippen molar-refractivity contribution in [3.05, 3.63) is 40.2 Å². The first-order valence-electron chi connectivity index (χ1n) is 4.90. The van der Waals surface area contributed by atoms with Crippen LogP contribution in [-0.4, -0.2) is 25.7 Å². The zero-order chi connectivity index (χ0) is 14.0. The van der Waals surface area contributed by atoms with Crippen molar-refractivity contribution in [3.63, 3.8) is 0 Å². The molecular formula is C9H8N6O3S. The molecule has 2 rings (SSSR count). The molecular weight excluding hydrogens is 272 g/mol. The van der Waals surface area contributed by atoms with Gasteiger partial charge in [0, 0.05) is 11.6 Å². The number of hydrogen-bond acceptors (Lipinski definition) is 7. The Balaban J connectivity index is 2.43. The standard InChI is InChI=1S/C9H8N6O3S/c10-8(16)5-1-2-7(6(3-5)15(17)18)19-9-13-12-4-14(9)11/h1-4H,11H2,(H2,10,16). The van der Waals surface area contributed by atoms with Crippen LogP contribution in [0.3, 0.4) is 0 Å². The summed E-state index contributed by atoms with van der Waals surface area (Å²) in [6.07, 6.45) is 1.27. The molecule has 0 fully saturated rings. The molecule has 0 saturated heterocycles. The van der Waals surface area contributed by atoms with E-state index in [2.05, 4.69) is 10.2 Å². The van der Waals surface area contributed by atoms with Gasteiger partial charge >= 0.3 is 0 Å². The molecule has 0 aliphatic rings. The normalized spacial score (nSPS) is 10.3. The highest BCUT2D eigenvalue weighted by atomic mass is 32.2. The molecule has 1 aromatic heterocycles. The second kappa shape index (κ2) is 4.94. The van der Waals surface area contributed by atoms with Crippen LogP contribution in [0.25, 0.3) is 0 Å². The fourth-order valence-electron chi connectivity index (χ4n) is 1.30. The predicted molar refractivity (Wildman–Crippen MR) is 65.9 cm³/mol. The van der Waals surface area contributed by atoms with E-state index in [1.165, 1.54) is 18.5 Å². The number of nitrogens with zero attached hydrogens (tertiary/aromatic N) is 4. The minimum Gasteiger partial charge on any atom is -0.366 e. The summed E-state index contributed by atoms with van der Waals surface area (Å²) in [5.74, 6) is 4.78. The molecule has 9 nitrogen and oxygen atoms in total. The van der Waals surface area contributed by atoms with Crippen molar-refractivity contribution < 1.29 is 9.72 Å². The Labute approximate surface area is 110 Å². The molecule has 0 atom stereocenters. The number of benzene rings is 1. The molecule has 4 N–H and O–H groups in total. The molecule has 0 spiro atoms. The maximum Gasteiger partial charge on any atom is 0.284 e. The van der Waals surface area contributed by atoms with Crippen molar-refractivity contribution in [2.75, 3.05) is 5.84 Å². The first-order valence-corrected chi connectivity index (χ1v) is 5.72. The molecule has 2 aromatic rings. The van der Waals surface area contributed by atoms with Gasteiger partial charge in [-0.25, -0.2) is 4.68 Å². The lowest BCUT2D eigenvalue weighted by Crippen LogP contribution is -2.11. The number of hydrogen-bond donors (Lipinski definition) is 2. The molecule has 0 aliphatic heterocycles. The lowest BCUT2D eigenvalue weighted by Gasteiger charge is -2.03. The number of nitro benzene ring substituents is 1. The summed E-state index contributed by atoms with van der Waals surface area (Å²) in [5, 5.41) is 18.5. The molecule has 0 radical (unpaired) electrons. The van der Waals surface area contributed by atoms with E-state index in [-0.39, 0.29) is 21.3 Å². The van der Waals surface area contributed by atoms with Crippen molar-refractivity contribution in [1.82, 2.24) is 14.9 Å². The average Bonchev–Trinajstić information content (AvgIpc) is 2.75. The van der Waals surface area contributed by atoms with Gasteiger partial charge in [0.1, 0.15) is 6.33 Å². The number of aromatic nitrogens is 3. The number of nitrogens with two attached hydrogens (primary N) is 2. The van der Waals surface area contributed by atoms with Gasteiger partial charge in [0.25, 0.3) is 5.69 Å². The molecule has 19 heavy (non-hydrogen) atoms. The monoisotopic (exact) mass is 280 g/mol. The quantitative estimate of drug-likeness (QED) is 0.461. The third-order valence-corrected chi connectivity index (χ3v) is 3.22. The summed E-state index contributed by atoms with van der Waals surface area (Å²) in [7, 11) is 0. The van der Waals surface area contributed by atoms with Gasteiger partial charge in [-0.05, 0) is 23.9 Å². The van der Waals surface area contributed by atoms with E-state index < -0.39 is 10.8 Å². The summed E-state index contributed by atoms with van der Waals surface area (Å²) >= 11 is 0.967. The number of rotatable bonds is 4. The van der Waals surface area contributed by atoms with Gasteiger partial charge in [0.05, 0.1) is 9.82 Å². The third kappa shape index (κ3) is 2.63. The van der Waals surface area contributed by atoms with E-state index in [4.69, 9.17) is 11.6 Å². The number of nitro groups is 1. The second-order valence-electron chi connectivity index (χ2n) is 3.43. The summed E-state index contributed by atoms with van der Waals surface area (Å²) in [6.45, 7) is 0. The molecule has 0 saturated carbocycles. The van der Waals surface area contributed by atoms with Gasteiger partial charge in [0.15, 0.2) is 0 Å². The fraction of sp³-hybridized carbons (Fsp3) is 0. The van der Waals surface area contributed by atoms with Crippen molar-refractivity contribution in [3.8, 4) is 0 Å². The zero-order valence-corrected chi connectivity index (χ0v) is 10.2. The van der Waals surface area contributed by atoms with Crippen molar-refractivity contribution in [1.29, 1.82) is 0 Å². The smallest absolute Gasteiger partial charge is 0.284 e. The van der Waals surface area contributed by atoms with Gasteiger partial charge in [-0.3, -0.25) is 14.9 Å². The van der Waals surface area contributed by atoms with Crippen LogP contribution in [0, 0.1) is 10.1 Å². The Hall–Kier alpha value is -2.62. The van der Waals surface area contributed by atoms with Gasteiger partial charge in [0.2, 0.25) is 11.1 Å². The Bertz CT molecular complexity index is 655. The first-order chi connectivity index (χ1) is 8.99. The van der Waals surface area contributed by atoms with E-state index >= 15 is 0 Å². The highest BCUT2D eigenvalue weighted by Crippen LogP contribution is 2.33. The molecule has 0 unspecified atom stereocenters. The Kier molecular flexibility index (Phi) is 3.33. The zero-order valence-electron chi connectivity index (χ0n) is 9.39.